The van der Waals surface area contributed by atoms with Gasteiger partial charge in [0.05, 0.1) is 5.69 Å². The van der Waals surface area contributed by atoms with Crippen LogP contribution >= 0.6 is 0 Å². The van der Waals surface area contributed by atoms with E-state index >= 15 is 0 Å². The van der Waals surface area contributed by atoms with Crippen LogP contribution in [0.5, 0.6) is 0 Å². The highest BCUT2D eigenvalue weighted by atomic mass is 16.4. The zero-order valence-electron chi connectivity index (χ0n) is 11.5. The van der Waals surface area contributed by atoms with Gasteiger partial charge in [-0.25, -0.2) is 4.79 Å². The van der Waals surface area contributed by atoms with E-state index in [-0.39, 0.29) is 5.69 Å². The van der Waals surface area contributed by atoms with E-state index in [4.69, 9.17) is 5.11 Å². The Kier molecular flexibility index (Phi) is 3.28. The first kappa shape index (κ1) is 13.1. The third-order valence-corrected chi connectivity index (χ3v) is 3.39. The van der Waals surface area contributed by atoms with E-state index in [1.54, 1.807) is 17.8 Å². The van der Waals surface area contributed by atoms with Crippen LogP contribution in [0.15, 0.2) is 60.7 Å². The van der Waals surface area contributed by atoms with Crippen LogP contribution in [0, 0.1) is 0 Å². The predicted octanol–water partition coefficient (Wildman–Crippen LogP) is 3.45. The molecule has 0 saturated heterocycles. The van der Waals surface area contributed by atoms with E-state index in [1.165, 1.54) is 0 Å². The SMILES string of the molecule is Cn1nc(C(=O)O)cc1-c1ccc(-c2ccccc2)cc1. The molecule has 0 radical (unpaired) electrons. The maximum atomic E-state index is 11.0. The van der Waals surface area contributed by atoms with Gasteiger partial charge in [-0.1, -0.05) is 54.6 Å². The summed E-state index contributed by atoms with van der Waals surface area (Å²) >= 11 is 0. The molecule has 4 heteroatoms. The number of hydrogen-bond donors (Lipinski definition) is 1. The number of carboxylic acids is 1. The molecule has 1 N–H and O–H groups in total. The number of nitrogens with zero attached hydrogens (tertiary/aromatic N) is 2. The number of benzene rings is 2. The highest BCUT2D eigenvalue weighted by molar-refractivity contribution is 5.87. The van der Waals surface area contributed by atoms with Gasteiger partial charge in [-0.05, 0) is 22.8 Å². The lowest BCUT2D eigenvalue weighted by Gasteiger charge is -2.05. The largest absolute Gasteiger partial charge is 0.476 e. The molecule has 3 rings (SSSR count). The van der Waals surface area contributed by atoms with Crippen LogP contribution in [0.4, 0.5) is 0 Å². The maximum Gasteiger partial charge on any atom is 0.356 e. The maximum absolute atomic E-state index is 11.0. The standard InChI is InChI=1S/C17H14N2O2/c1-19-16(11-15(18-19)17(20)21)14-9-7-13(8-10-14)12-5-3-2-4-6-12/h2-11H,1H3,(H,20,21). The van der Waals surface area contributed by atoms with E-state index in [2.05, 4.69) is 17.2 Å². The van der Waals surface area contributed by atoms with Crippen molar-refractivity contribution in [3.8, 4) is 22.4 Å². The summed E-state index contributed by atoms with van der Waals surface area (Å²) in [6, 6.07) is 19.7. The Morgan fingerprint density at radius 3 is 2.10 bits per heavy atom. The molecule has 21 heavy (non-hydrogen) atoms. The lowest BCUT2D eigenvalue weighted by Crippen LogP contribution is -1.99. The lowest BCUT2D eigenvalue weighted by molar-refractivity contribution is 0.0689. The topological polar surface area (TPSA) is 55.1 Å². The van der Waals surface area contributed by atoms with Gasteiger partial charge in [0.25, 0.3) is 0 Å². The number of aromatic carboxylic acids is 1. The summed E-state index contributed by atoms with van der Waals surface area (Å²) in [6.45, 7) is 0. The fourth-order valence-corrected chi connectivity index (χ4v) is 2.31. The van der Waals surface area contributed by atoms with Gasteiger partial charge in [0.2, 0.25) is 0 Å². The van der Waals surface area contributed by atoms with Crippen molar-refractivity contribution in [2.24, 2.45) is 7.05 Å². The second-order valence-corrected chi connectivity index (χ2v) is 4.79. The Labute approximate surface area is 122 Å². The molecule has 104 valence electrons. The molecule has 1 aromatic heterocycles. The van der Waals surface area contributed by atoms with Crippen molar-refractivity contribution in [3.05, 3.63) is 66.4 Å². The smallest absolute Gasteiger partial charge is 0.356 e. The summed E-state index contributed by atoms with van der Waals surface area (Å²) in [5.41, 5.74) is 4.06. The molecule has 0 saturated carbocycles. The van der Waals surface area contributed by atoms with Crippen LogP contribution in [0.25, 0.3) is 22.4 Å². The number of carbonyl (C=O) groups is 1. The van der Waals surface area contributed by atoms with Gasteiger partial charge in [-0.2, -0.15) is 5.10 Å². The zero-order valence-corrected chi connectivity index (χ0v) is 11.5. The van der Waals surface area contributed by atoms with Crippen LogP contribution < -0.4 is 0 Å². The van der Waals surface area contributed by atoms with Gasteiger partial charge in [0, 0.05) is 7.05 Å². The van der Waals surface area contributed by atoms with Crippen molar-refractivity contribution in [1.82, 2.24) is 9.78 Å². The van der Waals surface area contributed by atoms with E-state index in [0.717, 1.165) is 22.4 Å². The Bertz CT molecular complexity index is 774. The van der Waals surface area contributed by atoms with Gasteiger partial charge in [-0.15, -0.1) is 0 Å². The Morgan fingerprint density at radius 2 is 1.52 bits per heavy atom. The molecule has 0 bridgehead atoms. The zero-order chi connectivity index (χ0) is 14.8. The summed E-state index contributed by atoms with van der Waals surface area (Å²) in [6.07, 6.45) is 0. The monoisotopic (exact) mass is 278 g/mol. The van der Waals surface area contributed by atoms with Crippen LogP contribution in [-0.2, 0) is 7.05 Å². The fourth-order valence-electron chi connectivity index (χ4n) is 2.31. The molecule has 0 spiro atoms. The van der Waals surface area contributed by atoms with E-state index in [1.807, 2.05) is 42.5 Å². The minimum atomic E-state index is -1.02. The number of rotatable bonds is 3. The average Bonchev–Trinajstić information content (AvgIpc) is 2.91. The molecule has 0 aliphatic carbocycles. The molecule has 0 aliphatic rings. The Balaban J connectivity index is 1.96. The Morgan fingerprint density at radius 1 is 0.952 bits per heavy atom. The summed E-state index contributed by atoms with van der Waals surface area (Å²) in [4.78, 5) is 11.0. The van der Waals surface area contributed by atoms with Crippen LogP contribution in [0.1, 0.15) is 10.5 Å². The average molecular weight is 278 g/mol. The highest BCUT2D eigenvalue weighted by Crippen LogP contribution is 2.25. The van der Waals surface area contributed by atoms with Crippen molar-refractivity contribution in [3.63, 3.8) is 0 Å². The predicted molar refractivity (Wildman–Crippen MR) is 81.0 cm³/mol. The minimum Gasteiger partial charge on any atom is -0.476 e. The van der Waals surface area contributed by atoms with Gasteiger partial charge < -0.3 is 5.11 Å². The molecule has 0 unspecified atom stereocenters. The third-order valence-electron chi connectivity index (χ3n) is 3.39. The van der Waals surface area contributed by atoms with E-state index < -0.39 is 5.97 Å². The quantitative estimate of drug-likeness (QED) is 0.798. The molecule has 2 aromatic carbocycles. The molecule has 0 amide bonds. The summed E-state index contributed by atoms with van der Waals surface area (Å²) in [7, 11) is 1.74. The third kappa shape index (κ3) is 2.56. The van der Waals surface area contributed by atoms with Crippen LogP contribution in [-0.4, -0.2) is 20.9 Å². The molecule has 0 aliphatic heterocycles. The molecule has 0 fully saturated rings. The van der Waals surface area contributed by atoms with Crippen LogP contribution in [0.2, 0.25) is 0 Å². The first-order chi connectivity index (χ1) is 10.1. The van der Waals surface area contributed by atoms with Crippen molar-refractivity contribution in [2.75, 3.05) is 0 Å². The number of carboxylic acid groups (broad SMARTS) is 1. The molecular formula is C17H14N2O2. The van der Waals surface area contributed by atoms with E-state index in [0.29, 0.717) is 0 Å². The van der Waals surface area contributed by atoms with Crippen molar-refractivity contribution >= 4 is 5.97 Å². The van der Waals surface area contributed by atoms with Crippen molar-refractivity contribution < 1.29 is 9.90 Å². The van der Waals surface area contributed by atoms with Crippen molar-refractivity contribution in [2.45, 2.75) is 0 Å². The minimum absolute atomic E-state index is 0.0552. The normalized spacial score (nSPS) is 10.5. The molecule has 3 aromatic rings. The molecular weight excluding hydrogens is 264 g/mol. The first-order valence-electron chi connectivity index (χ1n) is 6.58. The number of aromatic nitrogens is 2. The summed E-state index contributed by atoms with van der Waals surface area (Å²) in [5.74, 6) is -1.02. The van der Waals surface area contributed by atoms with Crippen molar-refractivity contribution in [1.29, 1.82) is 0 Å². The molecule has 4 nitrogen and oxygen atoms in total. The highest BCUT2D eigenvalue weighted by Gasteiger charge is 2.12. The molecule has 1 heterocycles. The molecule has 0 atom stereocenters. The summed E-state index contributed by atoms with van der Waals surface area (Å²) in [5, 5.41) is 13.0. The van der Waals surface area contributed by atoms with Crippen LogP contribution in [0.3, 0.4) is 0 Å². The Hall–Kier alpha value is -2.88. The van der Waals surface area contributed by atoms with Gasteiger partial charge in [0.15, 0.2) is 5.69 Å². The second-order valence-electron chi connectivity index (χ2n) is 4.79. The first-order valence-corrected chi connectivity index (χ1v) is 6.58. The fraction of sp³-hybridized carbons (Fsp3) is 0.0588. The summed E-state index contributed by atoms with van der Waals surface area (Å²) < 4.78 is 1.58. The van der Waals surface area contributed by atoms with Gasteiger partial charge in [-0.3, -0.25) is 4.68 Å². The van der Waals surface area contributed by atoms with E-state index in [9.17, 15) is 4.79 Å². The van der Waals surface area contributed by atoms with Gasteiger partial charge in [0.1, 0.15) is 0 Å². The number of aryl methyl sites for hydroxylation is 1. The second kappa shape index (κ2) is 5.25. The lowest BCUT2D eigenvalue weighted by atomic mass is 10.0. The van der Waals surface area contributed by atoms with Gasteiger partial charge >= 0.3 is 5.97 Å². The number of hydrogen-bond acceptors (Lipinski definition) is 2.